The van der Waals surface area contributed by atoms with Gasteiger partial charge in [-0.15, -0.1) is 0 Å². The Balaban J connectivity index is 1.48. The molecule has 0 fully saturated rings. The molecule has 176 valence electrons. The molecule has 1 aliphatic rings. The van der Waals surface area contributed by atoms with Crippen LogP contribution in [0.15, 0.2) is 30.3 Å². The molecule has 6 heteroatoms. The third-order valence-corrected chi connectivity index (χ3v) is 6.54. The molecule has 2 aromatic rings. The summed E-state index contributed by atoms with van der Waals surface area (Å²) in [5.74, 6) is 3.22. The maximum atomic E-state index is 11.0. The first-order chi connectivity index (χ1) is 15.5. The lowest BCUT2D eigenvalue weighted by atomic mass is 9.79. The Bertz CT molecular complexity index is 885. The molecule has 6 nitrogen and oxygen atoms in total. The van der Waals surface area contributed by atoms with Crippen LogP contribution in [-0.2, 0) is 12.8 Å². The van der Waals surface area contributed by atoms with Gasteiger partial charge in [0.2, 0.25) is 0 Å². The first kappa shape index (κ1) is 24.2. The fraction of sp³-hybridized carbons (Fsp3) is 0.538. The van der Waals surface area contributed by atoms with E-state index in [9.17, 15) is 5.11 Å². The lowest BCUT2D eigenvalue weighted by molar-refractivity contribution is 0.0851. The number of likely N-dealkylation sites (N-methyl/N-ethyl adjacent to an activating group) is 1. The number of nitrogens with zero attached hydrogens (tertiary/aromatic N) is 1. The Hall–Kier alpha value is -2.44. The number of rotatable bonds is 11. The molecule has 0 bridgehead atoms. The van der Waals surface area contributed by atoms with Gasteiger partial charge in [0, 0.05) is 6.54 Å². The minimum atomic E-state index is -0.448. The number of aryl methyl sites for hydroxylation is 1. The molecule has 1 aliphatic carbocycles. The second kappa shape index (κ2) is 11.4. The molecule has 0 radical (unpaired) electrons. The van der Waals surface area contributed by atoms with Crippen molar-refractivity contribution >= 4 is 0 Å². The summed E-state index contributed by atoms with van der Waals surface area (Å²) in [6.07, 6.45) is 4.54. The van der Waals surface area contributed by atoms with Gasteiger partial charge < -0.3 is 29.0 Å². The van der Waals surface area contributed by atoms with E-state index in [2.05, 4.69) is 18.0 Å². The molecule has 0 aliphatic heterocycles. The quantitative estimate of drug-likeness (QED) is 0.560. The predicted molar refractivity (Wildman–Crippen MR) is 126 cm³/mol. The molecular formula is C26H37NO5. The maximum absolute atomic E-state index is 11.0. The Kier molecular flexibility index (Phi) is 8.65. The standard InChI is InChI=1S/C26H37NO5/c1-27(14-12-18-8-11-22(29-2)23(15-18)30-3)13-6-7-19-9-10-20-16-24(31-4)25(32-5)17-21(20)26(19)28/h8,11,15-17,19,26,28H,6-7,9-10,12-14H2,1-5H3. The van der Waals surface area contributed by atoms with Crippen LogP contribution >= 0.6 is 0 Å². The van der Waals surface area contributed by atoms with Crippen LogP contribution in [0.1, 0.15) is 42.1 Å². The summed E-state index contributed by atoms with van der Waals surface area (Å²) >= 11 is 0. The molecule has 0 saturated heterocycles. The molecule has 0 saturated carbocycles. The lowest BCUT2D eigenvalue weighted by Crippen LogP contribution is -2.25. The first-order valence-corrected chi connectivity index (χ1v) is 11.3. The third kappa shape index (κ3) is 5.67. The highest BCUT2D eigenvalue weighted by Gasteiger charge is 2.29. The Labute approximate surface area is 192 Å². The van der Waals surface area contributed by atoms with Crippen molar-refractivity contribution in [1.82, 2.24) is 4.90 Å². The van der Waals surface area contributed by atoms with Crippen molar-refractivity contribution in [1.29, 1.82) is 0 Å². The van der Waals surface area contributed by atoms with Crippen molar-refractivity contribution in [2.45, 2.75) is 38.2 Å². The second-order valence-corrected chi connectivity index (χ2v) is 8.53. The van der Waals surface area contributed by atoms with Gasteiger partial charge in [0.25, 0.3) is 0 Å². The summed E-state index contributed by atoms with van der Waals surface area (Å²) in [6.45, 7) is 1.98. The highest BCUT2D eigenvalue weighted by molar-refractivity contribution is 5.49. The van der Waals surface area contributed by atoms with Gasteiger partial charge in [-0.05, 0) is 92.6 Å². The van der Waals surface area contributed by atoms with Gasteiger partial charge in [-0.3, -0.25) is 0 Å². The smallest absolute Gasteiger partial charge is 0.161 e. The first-order valence-electron chi connectivity index (χ1n) is 11.3. The van der Waals surface area contributed by atoms with Crippen molar-refractivity contribution < 1.29 is 24.1 Å². The van der Waals surface area contributed by atoms with E-state index >= 15 is 0 Å². The van der Waals surface area contributed by atoms with Crippen LogP contribution in [0, 0.1) is 5.92 Å². The van der Waals surface area contributed by atoms with Crippen molar-refractivity contribution in [3.63, 3.8) is 0 Å². The monoisotopic (exact) mass is 443 g/mol. The minimum absolute atomic E-state index is 0.278. The van der Waals surface area contributed by atoms with Gasteiger partial charge in [-0.2, -0.15) is 0 Å². The zero-order valence-electron chi connectivity index (χ0n) is 20.0. The van der Waals surface area contributed by atoms with Gasteiger partial charge in [-0.1, -0.05) is 6.07 Å². The van der Waals surface area contributed by atoms with Crippen LogP contribution in [0.2, 0.25) is 0 Å². The molecule has 2 atom stereocenters. The van der Waals surface area contributed by atoms with Crippen LogP contribution in [0.4, 0.5) is 0 Å². The second-order valence-electron chi connectivity index (χ2n) is 8.53. The van der Waals surface area contributed by atoms with E-state index in [0.717, 1.165) is 68.0 Å². The van der Waals surface area contributed by atoms with Gasteiger partial charge >= 0.3 is 0 Å². The van der Waals surface area contributed by atoms with Crippen LogP contribution in [0.5, 0.6) is 23.0 Å². The van der Waals surface area contributed by atoms with E-state index in [4.69, 9.17) is 18.9 Å². The van der Waals surface area contributed by atoms with Gasteiger partial charge in [0.15, 0.2) is 23.0 Å². The third-order valence-electron chi connectivity index (χ3n) is 6.54. The van der Waals surface area contributed by atoms with Crippen molar-refractivity contribution in [3.8, 4) is 23.0 Å². The molecule has 1 N–H and O–H groups in total. The molecule has 3 rings (SSSR count). The van der Waals surface area contributed by atoms with Crippen molar-refractivity contribution in [2.75, 3.05) is 48.6 Å². The number of fused-ring (bicyclic) bond motifs is 1. The number of aliphatic hydroxyl groups is 1. The average molecular weight is 444 g/mol. The van der Waals surface area contributed by atoms with E-state index < -0.39 is 6.10 Å². The van der Waals surface area contributed by atoms with E-state index in [0.29, 0.717) is 5.75 Å². The van der Waals surface area contributed by atoms with Crippen LogP contribution in [0.25, 0.3) is 0 Å². The summed E-state index contributed by atoms with van der Waals surface area (Å²) < 4.78 is 21.6. The van der Waals surface area contributed by atoms with Gasteiger partial charge in [-0.25, -0.2) is 0 Å². The topological polar surface area (TPSA) is 60.4 Å². The van der Waals surface area contributed by atoms with E-state index in [1.54, 1.807) is 28.4 Å². The summed E-state index contributed by atoms with van der Waals surface area (Å²) in [4.78, 5) is 2.35. The highest BCUT2D eigenvalue weighted by atomic mass is 16.5. The number of benzene rings is 2. The Morgan fingerprint density at radius 3 is 2.22 bits per heavy atom. The Morgan fingerprint density at radius 1 is 0.875 bits per heavy atom. The fourth-order valence-electron chi connectivity index (χ4n) is 4.57. The molecule has 0 aromatic heterocycles. The summed E-state index contributed by atoms with van der Waals surface area (Å²) in [6, 6.07) is 10.1. The molecule has 0 heterocycles. The largest absolute Gasteiger partial charge is 0.493 e. The summed E-state index contributed by atoms with van der Waals surface area (Å²) in [5, 5.41) is 11.0. The normalized spacial score (nSPS) is 17.7. The summed E-state index contributed by atoms with van der Waals surface area (Å²) in [7, 11) is 8.76. The molecule has 32 heavy (non-hydrogen) atoms. The predicted octanol–water partition coefficient (Wildman–Crippen LogP) is 4.27. The summed E-state index contributed by atoms with van der Waals surface area (Å²) in [5.41, 5.74) is 3.39. The van der Waals surface area contributed by atoms with Gasteiger partial charge in [0.05, 0.1) is 34.5 Å². The van der Waals surface area contributed by atoms with E-state index in [-0.39, 0.29) is 5.92 Å². The van der Waals surface area contributed by atoms with Crippen molar-refractivity contribution in [3.05, 3.63) is 47.0 Å². The fourth-order valence-corrected chi connectivity index (χ4v) is 4.57. The lowest BCUT2D eigenvalue weighted by Gasteiger charge is -2.31. The van der Waals surface area contributed by atoms with Gasteiger partial charge in [0.1, 0.15) is 0 Å². The van der Waals surface area contributed by atoms with Crippen LogP contribution < -0.4 is 18.9 Å². The molecular weight excluding hydrogens is 406 g/mol. The molecule has 0 amide bonds. The zero-order valence-corrected chi connectivity index (χ0v) is 20.0. The molecule has 2 aromatic carbocycles. The van der Waals surface area contributed by atoms with Crippen molar-refractivity contribution in [2.24, 2.45) is 5.92 Å². The van der Waals surface area contributed by atoms with Crippen LogP contribution in [-0.4, -0.2) is 58.6 Å². The maximum Gasteiger partial charge on any atom is 0.161 e. The number of ether oxygens (including phenoxy) is 4. The number of methoxy groups -OCH3 is 4. The number of hydrogen-bond donors (Lipinski definition) is 1. The van der Waals surface area contributed by atoms with Crippen LogP contribution in [0.3, 0.4) is 0 Å². The molecule has 0 spiro atoms. The molecule has 2 unspecified atom stereocenters. The van der Waals surface area contributed by atoms with E-state index in [1.165, 1.54) is 11.1 Å². The van der Waals surface area contributed by atoms with E-state index in [1.807, 2.05) is 24.3 Å². The number of aliphatic hydroxyl groups excluding tert-OH is 1. The number of hydrogen-bond acceptors (Lipinski definition) is 6. The SMILES string of the molecule is COc1ccc(CCN(C)CCCC2CCc3cc(OC)c(OC)cc3C2O)cc1OC. The minimum Gasteiger partial charge on any atom is -0.493 e. The average Bonchev–Trinajstić information content (AvgIpc) is 2.83. The zero-order chi connectivity index (χ0) is 23.1. The highest BCUT2D eigenvalue weighted by Crippen LogP contribution is 2.42. The Morgan fingerprint density at radius 2 is 1.53 bits per heavy atom.